The van der Waals surface area contributed by atoms with Crippen LogP contribution >= 0.6 is 0 Å². The number of hydrogen-bond acceptors (Lipinski definition) is 4. The predicted molar refractivity (Wildman–Crippen MR) is 71.9 cm³/mol. The van der Waals surface area contributed by atoms with Crippen molar-refractivity contribution in [3.63, 3.8) is 0 Å². The number of aromatic nitrogens is 2. The lowest BCUT2D eigenvalue weighted by atomic mass is 10.1. The lowest BCUT2D eigenvalue weighted by molar-refractivity contribution is -0.141. The molecule has 1 fully saturated rings. The number of rotatable bonds is 3. The van der Waals surface area contributed by atoms with Crippen molar-refractivity contribution >= 4 is 22.7 Å². The van der Waals surface area contributed by atoms with Crippen LogP contribution in [0.25, 0.3) is 10.9 Å². The molecule has 1 saturated carbocycles. The predicted octanol–water partition coefficient (Wildman–Crippen LogP) is 2.29. The van der Waals surface area contributed by atoms with Crippen LogP contribution in [0, 0.1) is 5.92 Å². The Labute approximate surface area is 110 Å². The van der Waals surface area contributed by atoms with Crippen LogP contribution in [0.3, 0.4) is 0 Å². The van der Waals surface area contributed by atoms with E-state index in [4.69, 9.17) is 5.11 Å². The Hall–Kier alpha value is -2.17. The number of aliphatic carboxylic acids is 1. The van der Waals surface area contributed by atoms with Crippen molar-refractivity contribution < 1.29 is 9.90 Å². The Bertz CT molecular complexity index is 609. The van der Waals surface area contributed by atoms with Crippen LogP contribution in [0.15, 0.2) is 30.6 Å². The number of carboxylic acid groups (broad SMARTS) is 1. The van der Waals surface area contributed by atoms with E-state index in [2.05, 4.69) is 15.3 Å². The van der Waals surface area contributed by atoms with Crippen LogP contribution < -0.4 is 5.32 Å². The smallest absolute Gasteiger partial charge is 0.306 e. The normalized spacial score (nSPS) is 22.5. The van der Waals surface area contributed by atoms with Gasteiger partial charge in [0.05, 0.1) is 11.4 Å². The summed E-state index contributed by atoms with van der Waals surface area (Å²) in [7, 11) is 0. The third-order valence-electron chi connectivity index (χ3n) is 3.67. The second-order valence-corrected chi connectivity index (χ2v) is 4.93. The van der Waals surface area contributed by atoms with Gasteiger partial charge in [-0.1, -0.05) is 12.1 Å². The quantitative estimate of drug-likeness (QED) is 0.882. The zero-order valence-corrected chi connectivity index (χ0v) is 10.4. The van der Waals surface area contributed by atoms with E-state index in [-0.39, 0.29) is 12.0 Å². The second-order valence-electron chi connectivity index (χ2n) is 4.93. The first kappa shape index (κ1) is 11.9. The first-order valence-electron chi connectivity index (χ1n) is 6.43. The maximum absolute atomic E-state index is 11.0. The van der Waals surface area contributed by atoms with Crippen molar-refractivity contribution in [1.29, 1.82) is 0 Å². The molecule has 1 aromatic heterocycles. The minimum Gasteiger partial charge on any atom is -0.481 e. The molecule has 2 atom stereocenters. The summed E-state index contributed by atoms with van der Waals surface area (Å²) in [5.41, 5.74) is 0.896. The van der Waals surface area contributed by atoms with Crippen molar-refractivity contribution in [3.8, 4) is 0 Å². The molecule has 0 saturated heterocycles. The largest absolute Gasteiger partial charge is 0.481 e. The van der Waals surface area contributed by atoms with Crippen molar-refractivity contribution in [2.24, 2.45) is 5.92 Å². The number of para-hydroxylation sites is 1. The van der Waals surface area contributed by atoms with Crippen LogP contribution in [-0.2, 0) is 4.79 Å². The topological polar surface area (TPSA) is 75.1 Å². The Kier molecular flexibility index (Phi) is 3.03. The van der Waals surface area contributed by atoms with Crippen LogP contribution in [0.5, 0.6) is 0 Å². The molecule has 0 aliphatic heterocycles. The van der Waals surface area contributed by atoms with E-state index in [0.29, 0.717) is 6.42 Å². The molecule has 0 radical (unpaired) electrons. The maximum atomic E-state index is 11.0. The van der Waals surface area contributed by atoms with Gasteiger partial charge >= 0.3 is 5.97 Å². The van der Waals surface area contributed by atoms with Crippen molar-refractivity contribution in [2.45, 2.75) is 25.3 Å². The van der Waals surface area contributed by atoms with E-state index in [1.54, 1.807) is 0 Å². The second kappa shape index (κ2) is 4.84. The Morgan fingerprint density at radius 2 is 2.11 bits per heavy atom. The van der Waals surface area contributed by atoms with E-state index >= 15 is 0 Å². The Morgan fingerprint density at radius 3 is 2.89 bits per heavy atom. The minimum atomic E-state index is -0.697. The van der Waals surface area contributed by atoms with E-state index in [1.807, 2.05) is 24.3 Å². The highest BCUT2D eigenvalue weighted by Crippen LogP contribution is 2.29. The van der Waals surface area contributed by atoms with E-state index in [0.717, 1.165) is 29.6 Å². The summed E-state index contributed by atoms with van der Waals surface area (Å²) < 4.78 is 0. The lowest BCUT2D eigenvalue weighted by Crippen LogP contribution is -2.18. The number of carboxylic acids is 1. The fraction of sp³-hybridized carbons (Fsp3) is 0.357. The van der Waals surface area contributed by atoms with Gasteiger partial charge in [0.25, 0.3) is 0 Å². The number of anilines is 1. The fourth-order valence-electron chi connectivity index (χ4n) is 2.65. The number of benzene rings is 1. The SMILES string of the molecule is O=C(O)[C@@H]1CC[C@H](Nc2ncnc3ccccc23)C1. The Morgan fingerprint density at radius 1 is 1.26 bits per heavy atom. The molecular formula is C14H15N3O2. The van der Waals surface area contributed by atoms with Crippen molar-refractivity contribution in [3.05, 3.63) is 30.6 Å². The van der Waals surface area contributed by atoms with Gasteiger partial charge in [-0.2, -0.15) is 0 Å². The molecule has 5 nitrogen and oxygen atoms in total. The molecule has 1 aliphatic carbocycles. The van der Waals surface area contributed by atoms with Gasteiger partial charge in [0, 0.05) is 11.4 Å². The Balaban J connectivity index is 1.81. The summed E-state index contributed by atoms with van der Waals surface area (Å²) >= 11 is 0. The summed E-state index contributed by atoms with van der Waals surface area (Å²) in [5.74, 6) is -0.135. The molecule has 5 heteroatoms. The highest BCUT2D eigenvalue weighted by Gasteiger charge is 2.29. The molecule has 19 heavy (non-hydrogen) atoms. The van der Waals surface area contributed by atoms with Gasteiger partial charge in [-0.3, -0.25) is 4.79 Å². The molecule has 0 unspecified atom stereocenters. The summed E-state index contributed by atoms with van der Waals surface area (Å²) in [6.45, 7) is 0. The standard InChI is InChI=1S/C14H15N3O2/c18-14(19)9-5-6-10(7-9)17-13-11-3-1-2-4-12(11)15-8-16-13/h1-4,8-10H,5-7H2,(H,18,19)(H,15,16,17)/t9-,10+/m1/s1. The van der Waals surface area contributed by atoms with Crippen LogP contribution in [0.4, 0.5) is 5.82 Å². The molecule has 0 bridgehead atoms. The van der Waals surface area contributed by atoms with E-state index in [9.17, 15) is 4.79 Å². The first-order valence-corrected chi connectivity index (χ1v) is 6.43. The monoisotopic (exact) mass is 257 g/mol. The summed E-state index contributed by atoms with van der Waals surface area (Å²) in [4.78, 5) is 19.4. The number of nitrogens with zero attached hydrogens (tertiary/aromatic N) is 2. The number of hydrogen-bond donors (Lipinski definition) is 2. The molecule has 1 aliphatic rings. The van der Waals surface area contributed by atoms with Crippen molar-refractivity contribution in [2.75, 3.05) is 5.32 Å². The van der Waals surface area contributed by atoms with Crippen LogP contribution in [0.2, 0.25) is 0 Å². The van der Waals surface area contributed by atoms with Gasteiger partial charge in [0.1, 0.15) is 12.1 Å². The van der Waals surface area contributed by atoms with Gasteiger partial charge in [-0.05, 0) is 31.4 Å². The zero-order valence-electron chi connectivity index (χ0n) is 10.4. The highest BCUT2D eigenvalue weighted by atomic mass is 16.4. The molecule has 98 valence electrons. The molecule has 1 heterocycles. The van der Waals surface area contributed by atoms with Crippen LogP contribution in [0.1, 0.15) is 19.3 Å². The number of nitrogens with one attached hydrogen (secondary N) is 1. The van der Waals surface area contributed by atoms with Gasteiger partial charge < -0.3 is 10.4 Å². The summed E-state index contributed by atoms with van der Waals surface area (Å²) in [6.07, 6.45) is 3.80. The van der Waals surface area contributed by atoms with Gasteiger partial charge in [-0.15, -0.1) is 0 Å². The minimum absolute atomic E-state index is 0.180. The van der Waals surface area contributed by atoms with E-state index in [1.165, 1.54) is 6.33 Å². The molecule has 1 aromatic carbocycles. The molecule has 0 amide bonds. The number of carbonyl (C=O) groups is 1. The molecule has 3 rings (SSSR count). The van der Waals surface area contributed by atoms with Gasteiger partial charge in [0.2, 0.25) is 0 Å². The zero-order chi connectivity index (χ0) is 13.2. The highest BCUT2D eigenvalue weighted by molar-refractivity contribution is 5.88. The average molecular weight is 257 g/mol. The average Bonchev–Trinajstić information content (AvgIpc) is 2.88. The molecule has 2 N–H and O–H groups in total. The third kappa shape index (κ3) is 2.36. The third-order valence-corrected chi connectivity index (χ3v) is 3.67. The van der Waals surface area contributed by atoms with E-state index < -0.39 is 5.97 Å². The summed E-state index contributed by atoms with van der Waals surface area (Å²) in [5, 5.41) is 13.3. The maximum Gasteiger partial charge on any atom is 0.306 e. The molecule has 0 spiro atoms. The van der Waals surface area contributed by atoms with Gasteiger partial charge in [-0.25, -0.2) is 9.97 Å². The molecular weight excluding hydrogens is 242 g/mol. The van der Waals surface area contributed by atoms with Gasteiger partial charge in [0.15, 0.2) is 0 Å². The summed E-state index contributed by atoms with van der Waals surface area (Å²) in [6, 6.07) is 7.98. The number of fused-ring (bicyclic) bond motifs is 1. The van der Waals surface area contributed by atoms with Crippen molar-refractivity contribution in [1.82, 2.24) is 9.97 Å². The van der Waals surface area contributed by atoms with Crippen LogP contribution in [-0.4, -0.2) is 27.1 Å². The molecule has 2 aromatic rings. The fourth-order valence-corrected chi connectivity index (χ4v) is 2.65. The first-order chi connectivity index (χ1) is 9.24. The lowest BCUT2D eigenvalue weighted by Gasteiger charge is -2.14.